The zero-order valence-electron chi connectivity index (χ0n) is 10.7. The fourth-order valence-corrected chi connectivity index (χ4v) is 2.24. The van der Waals surface area contributed by atoms with Crippen LogP contribution in [0.3, 0.4) is 0 Å². The standard InChI is InChI=1S/C14H20N2O2/c1-18-13-8-3-2-7-12(13)14(17)16-11-6-4-5-9-15-10-11/h2-3,7-8,11,15H,4-6,9-10H2,1H3,(H,16,17). The van der Waals surface area contributed by atoms with Crippen LogP contribution < -0.4 is 15.4 Å². The average Bonchev–Trinajstić information content (AvgIpc) is 2.67. The summed E-state index contributed by atoms with van der Waals surface area (Å²) in [5.41, 5.74) is 0.601. The van der Waals surface area contributed by atoms with Crippen molar-refractivity contribution in [1.29, 1.82) is 0 Å². The second kappa shape index (κ2) is 6.40. The highest BCUT2D eigenvalue weighted by Gasteiger charge is 2.17. The lowest BCUT2D eigenvalue weighted by Crippen LogP contribution is -2.40. The summed E-state index contributed by atoms with van der Waals surface area (Å²) >= 11 is 0. The van der Waals surface area contributed by atoms with Gasteiger partial charge in [-0.1, -0.05) is 18.6 Å². The molecule has 0 aliphatic carbocycles. The van der Waals surface area contributed by atoms with Gasteiger partial charge < -0.3 is 15.4 Å². The molecule has 0 aromatic heterocycles. The van der Waals surface area contributed by atoms with Crippen molar-refractivity contribution in [2.75, 3.05) is 20.2 Å². The van der Waals surface area contributed by atoms with Gasteiger partial charge >= 0.3 is 0 Å². The molecular formula is C14H20N2O2. The van der Waals surface area contributed by atoms with Gasteiger partial charge in [-0.15, -0.1) is 0 Å². The van der Waals surface area contributed by atoms with Crippen molar-refractivity contribution in [3.63, 3.8) is 0 Å². The number of hydrogen-bond acceptors (Lipinski definition) is 3. The molecule has 1 aromatic rings. The first kappa shape index (κ1) is 12.9. The summed E-state index contributed by atoms with van der Waals surface area (Å²) in [4.78, 5) is 12.2. The molecule has 1 amide bonds. The SMILES string of the molecule is COc1ccccc1C(=O)NC1CCCCNC1. The second-order valence-electron chi connectivity index (χ2n) is 4.57. The van der Waals surface area contributed by atoms with Crippen LogP contribution in [0.25, 0.3) is 0 Å². The van der Waals surface area contributed by atoms with E-state index in [1.807, 2.05) is 12.1 Å². The monoisotopic (exact) mass is 248 g/mol. The highest BCUT2D eigenvalue weighted by atomic mass is 16.5. The minimum Gasteiger partial charge on any atom is -0.496 e. The molecular weight excluding hydrogens is 228 g/mol. The molecule has 0 spiro atoms. The third-order valence-electron chi connectivity index (χ3n) is 3.23. The molecule has 0 saturated carbocycles. The topological polar surface area (TPSA) is 50.4 Å². The van der Waals surface area contributed by atoms with E-state index in [1.54, 1.807) is 19.2 Å². The maximum absolute atomic E-state index is 12.2. The first-order valence-electron chi connectivity index (χ1n) is 6.46. The van der Waals surface area contributed by atoms with E-state index in [0.717, 1.165) is 25.9 Å². The predicted octanol–water partition coefficient (Wildman–Crippen LogP) is 1.57. The number of methoxy groups -OCH3 is 1. The quantitative estimate of drug-likeness (QED) is 0.853. The number of carbonyl (C=O) groups is 1. The van der Waals surface area contributed by atoms with Gasteiger partial charge in [-0.3, -0.25) is 4.79 Å². The molecule has 1 aliphatic rings. The van der Waals surface area contributed by atoms with Crippen LogP contribution in [0.1, 0.15) is 29.6 Å². The molecule has 1 fully saturated rings. The zero-order valence-corrected chi connectivity index (χ0v) is 10.7. The van der Waals surface area contributed by atoms with Crippen molar-refractivity contribution >= 4 is 5.91 Å². The smallest absolute Gasteiger partial charge is 0.255 e. The third-order valence-corrected chi connectivity index (χ3v) is 3.23. The number of ether oxygens (including phenoxy) is 1. The molecule has 4 heteroatoms. The normalized spacial score (nSPS) is 19.9. The Balaban J connectivity index is 2.02. The highest BCUT2D eigenvalue weighted by molar-refractivity contribution is 5.97. The molecule has 2 rings (SSSR count). The Morgan fingerprint density at radius 3 is 3.06 bits per heavy atom. The Kier molecular flexibility index (Phi) is 4.59. The van der Waals surface area contributed by atoms with E-state index < -0.39 is 0 Å². The van der Waals surface area contributed by atoms with E-state index in [9.17, 15) is 4.79 Å². The van der Waals surface area contributed by atoms with Crippen LogP contribution in [0.5, 0.6) is 5.75 Å². The van der Waals surface area contributed by atoms with Gasteiger partial charge in [-0.05, 0) is 31.5 Å². The van der Waals surface area contributed by atoms with Crippen molar-refractivity contribution in [3.05, 3.63) is 29.8 Å². The van der Waals surface area contributed by atoms with Crippen molar-refractivity contribution < 1.29 is 9.53 Å². The van der Waals surface area contributed by atoms with E-state index in [0.29, 0.717) is 11.3 Å². The molecule has 0 bridgehead atoms. The molecule has 0 radical (unpaired) electrons. The van der Waals surface area contributed by atoms with E-state index in [4.69, 9.17) is 4.74 Å². The Bertz CT molecular complexity index is 399. The molecule has 1 aromatic carbocycles. The molecule has 1 saturated heterocycles. The number of hydrogen-bond donors (Lipinski definition) is 2. The van der Waals surface area contributed by atoms with Crippen LogP contribution in [0.2, 0.25) is 0 Å². The molecule has 2 N–H and O–H groups in total. The fourth-order valence-electron chi connectivity index (χ4n) is 2.24. The number of rotatable bonds is 3. The van der Waals surface area contributed by atoms with E-state index in [-0.39, 0.29) is 11.9 Å². The van der Waals surface area contributed by atoms with Crippen LogP contribution in [-0.4, -0.2) is 32.1 Å². The third kappa shape index (κ3) is 3.23. The predicted molar refractivity (Wildman–Crippen MR) is 71.0 cm³/mol. The summed E-state index contributed by atoms with van der Waals surface area (Å²) in [6, 6.07) is 7.52. The summed E-state index contributed by atoms with van der Waals surface area (Å²) < 4.78 is 5.20. The average molecular weight is 248 g/mol. The minimum absolute atomic E-state index is 0.0545. The van der Waals surface area contributed by atoms with Gasteiger partial charge in [0.1, 0.15) is 5.75 Å². The van der Waals surface area contributed by atoms with Crippen molar-refractivity contribution in [1.82, 2.24) is 10.6 Å². The number of amides is 1. The summed E-state index contributed by atoms with van der Waals surface area (Å²) in [5.74, 6) is 0.567. The lowest BCUT2D eigenvalue weighted by molar-refractivity contribution is 0.0932. The van der Waals surface area contributed by atoms with Gasteiger partial charge in [0.2, 0.25) is 0 Å². The number of para-hydroxylation sites is 1. The second-order valence-corrected chi connectivity index (χ2v) is 4.57. The van der Waals surface area contributed by atoms with Gasteiger partial charge in [0.05, 0.1) is 12.7 Å². The van der Waals surface area contributed by atoms with Crippen LogP contribution in [0, 0.1) is 0 Å². The number of nitrogens with one attached hydrogen (secondary N) is 2. The molecule has 1 atom stereocenters. The minimum atomic E-state index is -0.0545. The molecule has 18 heavy (non-hydrogen) atoms. The largest absolute Gasteiger partial charge is 0.496 e. The fraction of sp³-hybridized carbons (Fsp3) is 0.500. The van der Waals surface area contributed by atoms with Crippen molar-refractivity contribution in [2.24, 2.45) is 0 Å². The van der Waals surface area contributed by atoms with E-state index >= 15 is 0 Å². The van der Waals surface area contributed by atoms with Gasteiger partial charge in [-0.25, -0.2) is 0 Å². The van der Waals surface area contributed by atoms with Gasteiger partial charge in [0, 0.05) is 12.6 Å². The summed E-state index contributed by atoms with van der Waals surface area (Å²) in [7, 11) is 1.58. The molecule has 98 valence electrons. The lowest BCUT2D eigenvalue weighted by atomic mass is 10.1. The van der Waals surface area contributed by atoms with E-state index in [1.165, 1.54) is 6.42 Å². The maximum Gasteiger partial charge on any atom is 0.255 e. The van der Waals surface area contributed by atoms with Gasteiger partial charge in [-0.2, -0.15) is 0 Å². The van der Waals surface area contributed by atoms with Crippen LogP contribution in [-0.2, 0) is 0 Å². The Morgan fingerprint density at radius 2 is 2.22 bits per heavy atom. The summed E-state index contributed by atoms with van der Waals surface area (Å²) in [6.45, 7) is 1.89. The van der Waals surface area contributed by atoms with Crippen LogP contribution >= 0.6 is 0 Å². The van der Waals surface area contributed by atoms with Gasteiger partial charge in [0.15, 0.2) is 0 Å². The maximum atomic E-state index is 12.2. The summed E-state index contributed by atoms with van der Waals surface area (Å²) in [5, 5.41) is 6.41. The van der Waals surface area contributed by atoms with Crippen LogP contribution in [0.4, 0.5) is 0 Å². The number of benzene rings is 1. The van der Waals surface area contributed by atoms with Crippen LogP contribution in [0.15, 0.2) is 24.3 Å². The molecule has 1 unspecified atom stereocenters. The molecule has 1 heterocycles. The Labute approximate surface area is 108 Å². The first-order valence-corrected chi connectivity index (χ1v) is 6.46. The Hall–Kier alpha value is -1.55. The highest BCUT2D eigenvalue weighted by Crippen LogP contribution is 2.17. The lowest BCUT2D eigenvalue weighted by Gasteiger charge is -2.17. The Morgan fingerprint density at radius 1 is 1.39 bits per heavy atom. The summed E-state index contributed by atoms with van der Waals surface area (Å²) in [6.07, 6.45) is 3.37. The van der Waals surface area contributed by atoms with Crippen molar-refractivity contribution in [2.45, 2.75) is 25.3 Å². The van der Waals surface area contributed by atoms with Crippen molar-refractivity contribution in [3.8, 4) is 5.75 Å². The number of carbonyl (C=O) groups excluding carboxylic acids is 1. The van der Waals surface area contributed by atoms with E-state index in [2.05, 4.69) is 10.6 Å². The zero-order chi connectivity index (χ0) is 12.8. The molecule has 1 aliphatic heterocycles. The molecule has 4 nitrogen and oxygen atoms in total. The first-order chi connectivity index (χ1) is 8.81. The van der Waals surface area contributed by atoms with Gasteiger partial charge in [0.25, 0.3) is 5.91 Å².